The van der Waals surface area contributed by atoms with Gasteiger partial charge in [-0.3, -0.25) is 0 Å². The molecular weight excluding hydrogens is 404 g/mol. The van der Waals surface area contributed by atoms with Crippen molar-refractivity contribution in [3.05, 3.63) is 70.3 Å². The molecule has 3 N–H and O–H groups in total. The maximum Gasteiger partial charge on any atom is 0.412 e. The van der Waals surface area contributed by atoms with Crippen LogP contribution in [0.25, 0.3) is 5.70 Å². The molecule has 2 aromatic rings. The van der Waals surface area contributed by atoms with E-state index < -0.39 is 18.1 Å². The van der Waals surface area contributed by atoms with Crippen molar-refractivity contribution in [3.63, 3.8) is 0 Å². The molecule has 1 aliphatic rings. The van der Waals surface area contributed by atoms with Crippen molar-refractivity contribution in [3.8, 4) is 5.75 Å². The van der Waals surface area contributed by atoms with E-state index in [1.54, 1.807) is 30.3 Å². The zero-order valence-corrected chi connectivity index (χ0v) is 17.7. The van der Waals surface area contributed by atoms with E-state index in [0.29, 0.717) is 10.8 Å². The summed E-state index contributed by atoms with van der Waals surface area (Å²) in [6.45, 7) is 3.69. The maximum atomic E-state index is 11.9. The lowest BCUT2D eigenvalue weighted by molar-refractivity contribution is -0.139. The summed E-state index contributed by atoms with van der Waals surface area (Å²) in [5.74, 6) is -0.550. The highest BCUT2D eigenvalue weighted by molar-refractivity contribution is 6.32. The highest BCUT2D eigenvalue weighted by Crippen LogP contribution is 2.37. The number of aliphatic carboxylic acids is 1. The van der Waals surface area contributed by atoms with E-state index in [-0.39, 0.29) is 12.5 Å². The van der Waals surface area contributed by atoms with Gasteiger partial charge < -0.3 is 20.5 Å². The van der Waals surface area contributed by atoms with Crippen LogP contribution >= 0.6 is 11.6 Å². The maximum absolute atomic E-state index is 11.9. The fourth-order valence-electron chi connectivity index (χ4n) is 3.02. The summed E-state index contributed by atoms with van der Waals surface area (Å²) in [5.41, 5.74) is 3.61. The molecule has 6 nitrogen and oxygen atoms in total. The van der Waals surface area contributed by atoms with E-state index in [4.69, 9.17) is 16.3 Å². The van der Waals surface area contributed by atoms with Crippen LogP contribution in [0.3, 0.4) is 0 Å². The smallest absolute Gasteiger partial charge is 0.412 e. The van der Waals surface area contributed by atoms with Gasteiger partial charge in [-0.05, 0) is 56.0 Å². The van der Waals surface area contributed by atoms with E-state index in [1.807, 2.05) is 32.0 Å². The van der Waals surface area contributed by atoms with Gasteiger partial charge in [-0.15, -0.1) is 0 Å². The number of amides is 1. The van der Waals surface area contributed by atoms with E-state index in [1.165, 1.54) is 5.57 Å². The second kappa shape index (κ2) is 9.67. The fourth-order valence-corrected chi connectivity index (χ4v) is 3.25. The normalized spacial score (nSPS) is 13.5. The van der Waals surface area contributed by atoms with Crippen LogP contribution in [0.15, 0.2) is 54.1 Å². The Labute approximate surface area is 180 Å². The Hall–Kier alpha value is -2.99. The second-order valence-corrected chi connectivity index (χ2v) is 7.94. The molecule has 30 heavy (non-hydrogen) atoms. The average molecular weight is 429 g/mol. The van der Waals surface area contributed by atoms with Gasteiger partial charge in [-0.25, -0.2) is 9.59 Å². The Morgan fingerprint density at radius 1 is 1.07 bits per heavy atom. The minimum Gasteiger partial charge on any atom is -0.480 e. The summed E-state index contributed by atoms with van der Waals surface area (Å²) in [5, 5.41) is 16.2. The largest absolute Gasteiger partial charge is 0.480 e. The van der Waals surface area contributed by atoms with Crippen molar-refractivity contribution in [2.24, 2.45) is 0 Å². The molecule has 0 radical (unpaired) electrons. The molecule has 1 saturated carbocycles. The number of allylic oxidation sites excluding steroid dienone is 1. The SMILES string of the molecule is CC(C)NC(=O)Oc1ccc(C[C@H](NC(=C2CC2)c2ccccc2Cl)C(=O)O)cc1. The fraction of sp³-hybridized carbons (Fsp3) is 0.304. The van der Waals surface area contributed by atoms with Crippen molar-refractivity contribution in [1.82, 2.24) is 10.6 Å². The number of carbonyl (C=O) groups excluding carboxylic acids is 1. The molecule has 0 unspecified atom stereocenters. The molecule has 1 amide bonds. The predicted molar refractivity (Wildman–Crippen MR) is 117 cm³/mol. The molecule has 0 spiro atoms. The molecule has 7 heteroatoms. The molecule has 158 valence electrons. The van der Waals surface area contributed by atoms with Gasteiger partial charge in [0.2, 0.25) is 0 Å². The molecule has 3 rings (SSSR count). The highest BCUT2D eigenvalue weighted by Gasteiger charge is 2.26. The van der Waals surface area contributed by atoms with Crippen molar-refractivity contribution in [2.45, 2.75) is 45.2 Å². The van der Waals surface area contributed by atoms with E-state index in [2.05, 4.69) is 10.6 Å². The number of hydrogen-bond donors (Lipinski definition) is 3. The number of carboxylic acids is 1. The molecule has 2 aromatic carbocycles. The predicted octanol–water partition coefficient (Wildman–Crippen LogP) is 4.63. The molecule has 0 heterocycles. The van der Waals surface area contributed by atoms with Gasteiger partial charge in [0, 0.05) is 28.7 Å². The molecule has 1 atom stereocenters. The summed E-state index contributed by atoms with van der Waals surface area (Å²) >= 11 is 6.34. The second-order valence-electron chi connectivity index (χ2n) is 7.53. The van der Waals surface area contributed by atoms with Crippen molar-refractivity contribution < 1.29 is 19.4 Å². The lowest BCUT2D eigenvalue weighted by Gasteiger charge is -2.20. The minimum atomic E-state index is -0.947. The van der Waals surface area contributed by atoms with Gasteiger partial charge in [-0.1, -0.05) is 41.9 Å². The average Bonchev–Trinajstić information content (AvgIpc) is 3.51. The van der Waals surface area contributed by atoms with Gasteiger partial charge in [0.15, 0.2) is 0 Å². The zero-order valence-electron chi connectivity index (χ0n) is 16.9. The van der Waals surface area contributed by atoms with Crippen LogP contribution in [0.5, 0.6) is 5.75 Å². The van der Waals surface area contributed by atoms with Crippen molar-refractivity contribution >= 4 is 29.4 Å². The molecule has 0 aliphatic heterocycles. The third-order valence-electron chi connectivity index (χ3n) is 4.59. The van der Waals surface area contributed by atoms with Gasteiger partial charge in [0.05, 0.1) is 0 Å². The number of benzene rings is 2. The first kappa shape index (κ1) is 21.7. The first-order valence-electron chi connectivity index (χ1n) is 9.87. The van der Waals surface area contributed by atoms with Gasteiger partial charge in [0.1, 0.15) is 11.8 Å². The van der Waals surface area contributed by atoms with E-state index in [0.717, 1.165) is 29.7 Å². The van der Waals surface area contributed by atoms with E-state index in [9.17, 15) is 14.7 Å². The molecule has 0 saturated heterocycles. The quantitative estimate of drug-likeness (QED) is 0.570. The lowest BCUT2D eigenvalue weighted by Crippen LogP contribution is -2.37. The third kappa shape index (κ3) is 6.00. The van der Waals surface area contributed by atoms with Crippen molar-refractivity contribution in [1.29, 1.82) is 0 Å². The van der Waals surface area contributed by atoms with Crippen LogP contribution < -0.4 is 15.4 Å². The summed E-state index contributed by atoms with van der Waals surface area (Å²) in [6, 6.07) is 13.4. The van der Waals surface area contributed by atoms with Crippen LogP contribution in [-0.2, 0) is 11.2 Å². The van der Waals surface area contributed by atoms with Gasteiger partial charge in [0.25, 0.3) is 0 Å². The monoisotopic (exact) mass is 428 g/mol. The summed E-state index contributed by atoms with van der Waals surface area (Å²) in [7, 11) is 0. The van der Waals surface area contributed by atoms with Crippen LogP contribution in [0.1, 0.15) is 37.8 Å². The Morgan fingerprint density at radius 3 is 2.30 bits per heavy atom. The number of carboxylic acid groups (broad SMARTS) is 1. The number of ether oxygens (including phenoxy) is 1. The molecule has 0 aromatic heterocycles. The summed E-state index contributed by atoms with van der Waals surface area (Å²) < 4.78 is 5.20. The number of nitrogens with one attached hydrogen (secondary N) is 2. The Bertz CT molecular complexity index is 948. The lowest BCUT2D eigenvalue weighted by atomic mass is 10.0. The first-order valence-corrected chi connectivity index (χ1v) is 10.2. The molecule has 0 bridgehead atoms. The van der Waals surface area contributed by atoms with Gasteiger partial charge in [-0.2, -0.15) is 0 Å². The number of hydrogen-bond acceptors (Lipinski definition) is 4. The molecule has 1 fully saturated rings. The van der Waals surface area contributed by atoms with Crippen LogP contribution in [0, 0.1) is 0 Å². The number of halogens is 1. The highest BCUT2D eigenvalue weighted by atomic mass is 35.5. The first-order chi connectivity index (χ1) is 14.3. The third-order valence-corrected chi connectivity index (χ3v) is 4.92. The number of rotatable bonds is 8. The van der Waals surface area contributed by atoms with Crippen LogP contribution in [-0.4, -0.2) is 29.3 Å². The van der Waals surface area contributed by atoms with E-state index >= 15 is 0 Å². The van der Waals surface area contributed by atoms with Crippen molar-refractivity contribution in [2.75, 3.05) is 0 Å². The summed E-state index contributed by atoms with van der Waals surface area (Å²) in [4.78, 5) is 23.6. The molecule has 1 aliphatic carbocycles. The minimum absolute atomic E-state index is 0.0212. The van der Waals surface area contributed by atoms with Gasteiger partial charge >= 0.3 is 12.1 Å². The molecular formula is C23H25ClN2O4. The number of carbonyl (C=O) groups is 2. The zero-order chi connectivity index (χ0) is 21.7. The Balaban J connectivity index is 1.70. The standard InChI is InChI=1S/C23H25ClN2O4/c1-14(2)25-23(29)30-17-11-7-15(8-12-17)13-20(22(27)28)26-21(16-9-10-16)18-5-3-4-6-19(18)24/h3-8,11-12,14,20,26H,9-10,13H2,1-2H3,(H,25,29)(H,27,28)/t20-/m0/s1. The Morgan fingerprint density at radius 2 is 1.73 bits per heavy atom. The topological polar surface area (TPSA) is 87.7 Å². The Kier molecular flexibility index (Phi) is 7.00. The van der Waals surface area contributed by atoms with Crippen LogP contribution in [0.4, 0.5) is 4.79 Å². The van der Waals surface area contributed by atoms with Crippen LogP contribution in [0.2, 0.25) is 5.02 Å². The summed E-state index contributed by atoms with van der Waals surface area (Å²) in [6.07, 6.45) is 1.62.